The van der Waals surface area contributed by atoms with Gasteiger partial charge in [0.25, 0.3) is 11.8 Å². The van der Waals surface area contributed by atoms with Crippen LogP contribution in [0.15, 0.2) is 143 Å². The third-order valence-electron chi connectivity index (χ3n) is 11.5. The van der Waals surface area contributed by atoms with Crippen LogP contribution < -0.4 is 158 Å². The molecule has 10 aromatic rings. The number of carbonyl (C=O) groups is 3. The minimum atomic E-state index is -4.86. The second kappa shape index (κ2) is 25.4. The normalized spacial score (nSPS) is 11.1. The molecule has 8 aromatic carbocycles. The van der Waals surface area contributed by atoms with Crippen molar-refractivity contribution in [3.8, 4) is 22.8 Å². The Bertz CT molecular complexity index is 4040. The van der Waals surface area contributed by atoms with Crippen LogP contribution in [0.1, 0.15) is 37.4 Å². The average molecular weight is 1060 g/mol. The Morgan fingerprint density at radius 1 is 0.608 bits per heavy atom. The number of Topliss-reactive ketones (excluding diaryl/α,β-unsaturated/α-hetero) is 1. The number of fused-ring (bicyclic) bond motifs is 4. The summed E-state index contributed by atoms with van der Waals surface area (Å²) in [7, 11) is -9.64. The minimum absolute atomic E-state index is 0. The number of hydrogen-bond donors (Lipinski definition) is 4. The van der Waals surface area contributed by atoms with Crippen molar-refractivity contribution in [1.29, 1.82) is 0 Å². The fourth-order valence-corrected chi connectivity index (χ4v) is 9.81. The van der Waals surface area contributed by atoms with E-state index in [9.17, 15) is 40.3 Å². The third kappa shape index (κ3) is 13.5. The summed E-state index contributed by atoms with van der Waals surface area (Å²) in [4.78, 5) is 55.5. The van der Waals surface area contributed by atoms with Crippen molar-refractivity contribution in [3.05, 3.63) is 179 Å². The van der Waals surface area contributed by atoms with Crippen molar-refractivity contribution in [1.82, 2.24) is 19.9 Å². The second-order valence-electron chi connectivity index (χ2n) is 16.3. The molecule has 0 bridgehead atoms. The summed E-state index contributed by atoms with van der Waals surface area (Å²) in [6.45, 7) is 1.67. The van der Waals surface area contributed by atoms with Gasteiger partial charge < -0.3 is 47.9 Å². The molecule has 342 valence electrons. The number of carbonyl (C=O) groups excluding carboxylic acids is 3. The van der Waals surface area contributed by atoms with Crippen LogP contribution in [0.25, 0.3) is 66.4 Å². The molecule has 0 aliphatic heterocycles. The molecule has 0 saturated heterocycles. The van der Waals surface area contributed by atoms with Crippen molar-refractivity contribution >= 4 is 92.8 Å². The summed E-state index contributed by atoms with van der Waals surface area (Å²) in [5, 5.41) is 6.32. The van der Waals surface area contributed by atoms with Crippen LogP contribution in [0.5, 0.6) is 0 Å². The van der Waals surface area contributed by atoms with Gasteiger partial charge in [-0.3, -0.25) is 20.4 Å². The second-order valence-corrected chi connectivity index (χ2v) is 19.0. The molecule has 0 unspecified atom stereocenters. The average Bonchev–Trinajstić information content (AvgIpc) is 3.95. The van der Waals surface area contributed by atoms with E-state index in [-0.39, 0.29) is 200 Å². The first-order chi connectivity index (χ1) is 33.0. The van der Waals surface area contributed by atoms with Gasteiger partial charge in [-0.25, -0.2) is 37.6 Å². The summed E-state index contributed by atoms with van der Waals surface area (Å²) in [6.07, 6.45) is 0.293. The van der Waals surface area contributed by atoms with Crippen molar-refractivity contribution in [2.75, 3.05) is 10.6 Å². The van der Waals surface area contributed by atoms with E-state index in [2.05, 4.69) is 38.8 Å². The summed E-state index contributed by atoms with van der Waals surface area (Å²) < 4.78 is 71.9. The van der Waals surface area contributed by atoms with Crippen LogP contribution in [0.3, 0.4) is 0 Å². The molecule has 2 heterocycles. The molecule has 15 nitrogen and oxygen atoms in total. The van der Waals surface area contributed by atoms with Gasteiger partial charge in [-0.1, -0.05) is 59.5 Å². The Kier molecular flexibility index (Phi) is 21.1. The predicted molar refractivity (Wildman–Crippen MR) is 256 cm³/mol. The summed E-state index contributed by atoms with van der Waals surface area (Å²) in [5.41, 5.74) is 6.85. The van der Waals surface area contributed by atoms with Gasteiger partial charge in [-0.15, -0.1) is 29.7 Å². The molecule has 0 radical (unpaired) electrons. The van der Waals surface area contributed by atoms with Crippen LogP contribution in [0, 0.1) is 25.1 Å². The van der Waals surface area contributed by atoms with Crippen molar-refractivity contribution in [2.24, 2.45) is 0 Å². The van der Waals surface area contributed by atoms with E-state index in [1.165, 1.54) is 30.3 Å². The van der Waals surface area contributed by atoms with Gasteiger partial charge in [0, 0.05) is 45.7 Å². The van der Waals surface area contributed by atoms with Crippen molar-refractivity contribution in [3.63, 3.8) is 0 Å². The van der Waals surface area contributed by atoms with E-state index in [0.29, 0.717) is 50.2 Å². The van der Waals surface area contributed by atoms with Gasteiger partial charge in [-0.2, -0.15) is 0 Å². The number of aryl methyl sites for hydroxylation is 1. The molecular weight excluding hydrogens is 1030 g/mol. The smallest absolute Gasteiger partial charge is 0.746 e. The molecule has 0 saturated carbocycles. The zero-order valence-electron chi connectivity index (χ0n) is 41.0. The molecule has 4 N–H and O–H groups in total. The molecule has 0 aliphatic rings. The number of imidazole rings is 2. The molecular formula is C52H33N6Na5O9S2. The van der Waals surface area contributed by atoms with Gasteiger partial charge in [0.2, 0.25) is 0 Å². The van der Waals surface area contributed by atoms with E-state index >= 15 is 0 Å². The van der Waals surface area contributed by atoms with E-state index in [1.807, 2.05) is 48.5 Å². The monoisotopic (exact) mass is 1060 g/mol. The Labute approximate surface area is 535 Å². The number of anilines is 2. The molecule has 0 aliphatic carbocycles. The van der Waals surface area contributed by atoms with E-state index < -0.39 is 41.8 Å². The maximum Gasteiger partial charge on any atom is 1.00 e. The number of ketones is 1. The zero-order valence-corrected chi connectivity index (χ0v) is 52.6. The van der Waals surface area contributed by atoms with Crippen LogP contribution in [-0.2, 0) is 37.9 Å². The first-order valence-electron chi connectivity index (χ1n) is 21.1. The molecule has 10 rings (SSSR count). The van der Waals surface area contributed by atoms with Gasteiger partial charge in [0.05, 0.1) is 22.1 Å². The number of nitrogens with zero attached hydrogens (tertiary/aromatic N) is 2. The first kappa shape index (κ1) is 61.5. The van der Waals surface area contributed by atoms with Crippen molar-refractivity contribution in [2.45, 2.75) is 29.6 Å². The molecule has 74 heavy (non-hydrogen) atoms. The van der Waals surface area contributed by atoms with E-state index in [1.54, 1.807) is 55.5 Å². The fraction of sp³-hybridized carbons (Fsp3) is 0.0577. The molecule has 2 amide bonds. The first-order valence-corrected chi connectivity index (χ1v) is 23.9. The summed E-state index contributed by atoms with van der Waals surface area (Å²) in [5.74, 6) is 0.000252. The van der Waals surface area contributed by atoms with Crippen LogP contribution in [0.4, 0.5) is 11.4 Å². The number of benzene rings is 8. The van der Waals surface area contributed by atoms with Gasteiger partial charge in [0.15, 0.2) is 0 Å². The molecule has 0 fully saturated rings. The topological polar surface area (TPSA) is 247 Å². The molecule has 22 heteroatoms. The number of amides is 2. The van der Waals surface area contributed by atoms with Gasteiger partial charge in [-0.05, 0) is 83.2 Å². The Morgan fingerprint density at radius 3 is 1.69 bits per heavy atom. The van der Waals surface area contributed by atoms with Crippen LogP contribution in [0.2, 0.25) is 0 Å². The van der Waals surface area contributed by atoms with Gasteiger partial charge >= 0.3 is 148 Å². The fourth-order valence-electron chi connectivity index (χ4n) is 8.34. The Balaban J connectivity index is 0.00000203. The maximum atomic E-state index is 13.5. The largest absolute Gasteiger partial charge is 1.00 e. The van der Waals surface area contributed by atoms with Crippen LogP contribution in [-0.4, -0.2) is 63.5 Å². The Morgan fingerprint density at radius 2 is 1.15 bits per heavy atom. The number of aromatic amines is 2. The quantitative estimate of drug-likeness (QED) is 0.0509. The SMILES string of the molecule is Cc1cc(S(=O)(=O)[O-])c2c(NC(=O)c3ccc4nc(-c5cccc(CC(=O)Cc6cccc(-c7nc8ccc(C(=O)Nc9ccc(S(=O)(=O)[O-])c%10c[c-]c[c-]c9%10)cc8[nH]7)c6)c5)[nH]c4c3)cc[c-]c2c1.[Na+].[Na+].[Na+].[Na+].[Na+]. The van der Waals surface area contributed by atoms with E-state index in [4.69, 9.17) is 9.97 Å². The zero-order chi connectivity index (χ0) is 48.2. The van der Waals surface area contributed by atoms with Gasteiger partial charge in [0.1, 0.15) is 37.7 Å². The van der Waals surface area contributed by atoms with E-state index in [0.717, 1.165) is 28.3 Å². The van der Waals surface area contributed by atoms with Crippen LogP contribution >= 0.6 is 0 Å². The molecule has 0 atom stereocenters. The summed E-state index contributed by atoms with van der Waals surface area (Å²) >= 11 is 0. The minimum Gasteiger partial charge on any atom is -0.746 e. The molecule has 0 spiro atoms. The third-order valence-corrected chi connectivity index (χ3v) is 13.2. The van der Waals surface area contributed by atoms with Crippen molar-refractivity contribution < 1.29 is 188 Å². The molecule has 2 aromatic heterocycles. The number of H-pyrrole nitrogens is 2. The standard InChI is InChI=1S/C52H35N6O9S2.5Na/c1-29-21-32-9-6-14-43(48(32)47(22-29)69(65,66)67)58-52(61)36-16-18-42-45(28-36)56-50(54-42)34-11-5-8-31(24-34)26-37(59)25-30-7-4-10-33(23-30)49-53-41-17-15-35(27-44(41)55-49)51(60)57-40-19-20-46(68(62,63)64)39-13-3-2-12-38(39)40;;;;;/h2,4-8,10-11,13-24,27-28H,25-26H2,1H3,(H,53,55)(H,54,56)(H,57,60)(H,58,61)(H,62,63,64)(H,65,66,67);;;;;/q-3;5*+1/p-2. The number of aromatic nitrogens is 4. The number of hydrogen-bond acceptors (Lipinski definition) is 11. The number of rotatable bonds is 12. The predicted octanol–water partition coefficient (Wildman–Crippen LogP) is -6.52. The Hall–Kier alpha value is -3.35. The maximum absolute atomic E-state index is 13.5. The number of nitrogens with one attached hydrogen (secondary N) is 4. The summed E-state index contributed by atoms with van der Waals surface area (Å²) in [6, 6.07) is 44.5.